The Kier molecular flexibility index (Phi) is 9.33. The highest BCUT2D eigenvalue weighted by molar-refractivity contribution is 5.85. The van der Waals surface area contributed by atoms with Crippen LogP contribution in [0.2, 0.25) is 0 Å². The molecular weight excluding hydrogens is 344 g/mol. The van der Waals surface area contributed by atoms with Crippen molar-refractivity contribution in [2.75, 3.05) is 39.4 Å². The number of aryl methyl sites for hydroxylation is 1. The van der Waals surface area contributed by atoms with Gasteiger partial charge in [0.1, 0.15) is 5.69 Å². The second kappa shape index (κ2) is 9.57. The fraction of sp³-hybridized carbons (Fsp3) is 0.750. The number of alkyl halides is 3. The quantitative estimate of drug-likeness (QED) is 0.807. The van der Waals surface area contributed by atoms with Crippen LogP contribution in [0.3, 0.4) is 0 Å². The van der Waals surface area contributed by atoms with Gasteiger partial charge in [0.25, 0.3) is 0 Å². The Hall–Kier alpha value is -0.540. The minimum atomic E-state index is -4.37. The molecule has 0 bridgehead atoms. The lowest BCUT2D eigenvalue weighted by Gasteiger charge is -2.26. The highest BCUT2D eigenvalue weighted by atomic mass is 35.5. The molecule has 10 heteroatoms. The third kappa shape index (κ3) is 5.92. The van der Waals surface area contributed by atoms with E-state index < -0.39 is 11.9 Å². The van der Waals surface area contributed by atoms with E-state index in [9.17, 15) is 13.2 Å². The Labute approximate surface area is 140 Å². The smallest absolute Gasteiger partial charge is 0.379 e. The molecule has 0 spiro atoms. The van der Waals surface area contributed by atoms with E-state index in [0.717, 1.165) is 37.5 Å². The summed E-state index contributed by atoms with van der Waals surface area (Å²) >= 11 is 0. The van der Waals surface area contributed by atoms with Crippen LogP contribution in [0.25, 0.3) is 0 Å². The zero-order valence-electron chi connectivity index (χ0n) is 12.2. The molecule has 1 aliphatic heterocycles. The van der Waals surface area contributed by atoms with Crippen LogP contribution >= 0.6 is 24.8 Å². The maximum absolute atomic E-state index is 12.8. The second-order valence-corrected chi connectivity index (χ2v) is 4.77. The van der Waals surface area contributed by atoms with Crippen molar-refractivity contribution in [3.05, 3.63) is 17.5 Å². The lowest BCUT2D eigenvalue weighted by atomic mass is 10.2. The summed E-state index contributed by atoms with van der Waals surface area (Å²) < 4.78 is 44.6. The molecule has 1 aromatic rings. The van der Waals surface area contributed by atoms with E-state index in [-0.39, 0.29) is 36.9 Å². The zero-order valence-corrected chi connectivity index (χ0v) is 13.9. The standard InChI is InChI=1S/C12H19F3N4O.2ClH/c1-18-11(12(13,14)15)10(9-17-18)8-16-2-3-19-4-6-20-7-5-19;;/h9,16H,2-8H2,1H3;2*1H. The number of hydrogen-bond acceptors (Lipinski definition) is 4. The van der Waals surface area contributed by atoms with Crippen LogP contribution in [0.5, 0.6) is 0 Å². The van der Waals surface area contributed by atoms with Gasteiger partial charge < -0.3 is 10.1 Å². The Bertz CT molecular complexity index is 436. The van der Waals surface area contributed by atoms with Gasteiger partial charge in [-0.05, 0) is 0 Å². The summed E-state index contributed by atoms with van der Waals surface area (Å²) in [7, 11) is 1.31. The molecule has 22 heavy (non-hydrogen) atoms. The summed E-state index contributed by atoms with van der Waals surface area (Å²) in [5, 5.41) is 6.72. The first-order valence-corrected chi connectivity index (χ1v) is 6.57. The molecule has 0 saturated carbocycles. The van der Waals surface area contributed by atoms with Gasteiger partial charge in [0.05, 0.1) is 19.4 Å². The maximum Gasteiger partial charge on any atom is 0.433 e. The maximum atomic E-state index is 12.8. The fourth-order valence-electron chi connectivity index (χ4n) is 2.26. The van der Waals surface area contributed by atoms with Gasteiger partial charge in [-0.2, -0.15) is 18.3 Å². The van der Waals surface area contributed by atoms with Crippen molar-refractivity contribution in [3.8, 4) is 0 Å². The van der Waals surface area contributed by atoms with Crippen molar-refractivity contribution in [2.45, 2.75) is 12.7 Å². The van der Waals surface area contributed by atoms with Crippen LogP contribution in [0.15, 0.2) is 6.20 Å². The number of morpholine rings is 1. The number of aromatic nitrogens is 2. The van der Waals surface area contributed by atoms with Crippen LogP contribution < -0.4 is 5.32 Å². The highest BCUT2D eigenvalue weighted by Gasteiger charge is 2.36. The third-order valence-electron chi connectivity index (χ3n) is 3.31. The van der Waals surface area contributed by atoms with E-state index in [1.54, 1.807) is 0 Å². The number of hydrogen-bond donors (Lipinski definition) is 1. The third-order valence-corrected chi connectivity index (χ3v) is 3.31. The number of nitrogens with zero attached hydrogens (tertiary/aromatic N) is 3. The zero-order chi connectivity index (χ0) is 14.6. The molecule has 2 heterocycles. The summed E-state index contributed by atoms with van der Waals surface area (Å²) in [5.41, 5.74) is -0.502. The monoisotopic (exact) mass is 364 g/mol. The molecule has 5 nitrogen and oxygen atoms in total. The summed E-state index contributed by atoms with van der Waals surface area (Å²) in [6.45, 7) is 4.83. The predicted octanol–water partition coefficient (Wildman–Crippen LogP) is 1.70. The molecule has 0 aliphatic carbocycles. The predicted molar refractivity (Wildman–Crippen MR) is 81.7 cm³/mol. The Balaban J connectivity index is 0.00000220. The van der Waals surface area contributed by atoms with Gasteiger partial charge in [-0.15, -0.1) is 24.8 Å². The molecule has 1 saturated heterocycles. The Morgan fingerprint density at radius 3 is 2.50 bits per heavy atom. The average Bonchev–Trinajstić information content (AvgIpc) is 2.77. The SMILES string of the molecule is Cl.Cl.Cn1ncc(CNCCN2CCOCC2)c1C(F)(F)F. The first-order chi connectivity index (χ1) is 9.48. The Morgan fingerprint density at radius 2 is 1.91 bits per heavy atom. The van der Waals surface area contributed by atoms with E-state index in [4.69, 9.17) is 4.74 Å². The Morgan fingerprint density at radius 1 is 1.27 bits per heavy atom. The van der Waals surface area contributed by atoms with Gasteiger partial charge in [-0.3, -0.25) is 9.58 Å². The van der Waals surface area contributed by atoms with E-state index in [1.807, 2.05) is 0 Å². The summed E-state index contributed by atoms with van der Waals surface area (Å²) in [4.78, 5) is 2.23. The van der Waals surface area contributed by atoms with Gasteiger partial charge in [-0.25, -0.2) is 0 Å². The van der Waals surface area contributed by atoms with Gasteiger partial charge in [0.2, 0.25) is 0 Å². The fourth-order valence-corrected chi connectivity index (χ4v) is 2.26. The minimum absolute atomic E-state index is 0. The molecular formula is C12H21Cl2F3N4O. The molecule has 1 aromatic heterocycles. The van der Waals surface area contributed by atoms with Gasteiger partial charge in [0, 0.05) is 45.3 Å². The van der Waals surface area contributed by atoms with Crippen molar-refractivity contribution in [3.63, 3.8) is 0 Å². The second-order valence-electron chi connectivity index (χ2n) is 4.77. The lowest BCUT2D eigenvalue weighted by molar-refractivity contribution is -0.144. The van der Waals surface area contributed by atoms with Gasteiger partial charge in [0.15, 0.2) is 0 Å². The van der Waals surface area contributed by atoms with Crippen LogP contribution in [0.1, 0.15) is 11.3 Å². The molecule has 2 rings (SSSR count). The molecule has 1 N–H and O–H groups in total. The topological polar surface area (TPSA) is 42.3 Å². The van der Waals surface area contributed by atoms with E-state index in [0.29, 0.717) is 6.54 Å². The molecule has 0 radical (unpaired) electrons. The minimum Gasteiger partial charge on any atom is -0.379 e. The van der Waals surface area contributed by atoms with Crippen LogP contribution in [0, 0.1) is 0 Å². The number of rotatable bonds is 5. The first-order valence-electron chi connectivity index (χ1n) is 6.57. The van der Waals surface area contributed by atoms with E-state index in [1.165, 1.54) is 13.2 Å². The summed E-state index contributed by atoms with van der Waals surface area (Å²) in [5.74, 6) is 0. The van der Waals surface area contributed by atoms with Crippen molar-refractivity contribution in [1.82, 2.24) is 20.0 Å². The van der Waals surface area contributed by atoms with Crippen molar-refractivity contribution in [1.29, 1.82) is 0 Å². The van der Waals surface area contributed by atoms with Crippen LogP contribution in [-0.4, -0.2) is 54.1 Å². The number of ether oxygens (including phenoxy) is 1. The van der Waals surface area contributed by atoms with Crippen LogP contribution in [-0.2, 0) is 24.5 Å². The highest BCUT2D eigenvalue weighted by Crippen LogP contribution is 2.31. The lowest BCUT2D eigenvalue weighted by Crippen LogP contribution is -2.40. The molecule has 1 fully saturated rings. The summed E-state index contributed by atoms with van der Waals surface area (Å²) in [6.07, 6.45) is -3.10. The van der Waals surface area contributed by atoms with E-state index >= 15 is 0 Å². The molecule has 0 amide bonds. The van der Waals surface area contributed by atoms with Gasteiger partial charge in [-0.1, -0.05) is 0 Å². The van der Waals surface area contributed by atoms with Crippen molar-refractivity contribution in [2.24, 2.45) is 7.05 Å². The molecule has 130 valence electrons. The molecule has 1 aliphatic rings. The average molecular weight is 365 g/mol. The molecule has 0 aromatic carbocycles. The normalized spacial score (nSPS) is 16.0. The first kappa shape index (κ1) is 21.5. The largest absolute Gasteiger partial charge is 0.433 e. The molecule has 0 unspecified atom stereocenters. The number of nitrogens with one attached hydrogen (secondary N) is 1. The summed E-state index contributed by atoms with van der Waals surface area (Å²) in [6, 6.07) is 0. The number of halogens is 5. The van der Waals surface area contributed by atoms with Crippen molar-refractivity contribution >= 4 is 24.8 Å². The molecule has 0 atom stereocenters. The van der Waals surface area contributed by atoms with E-state index in [2.05, 4.69) is 15.3 Å². The van der Waals surface area contributed by atoms with Crippen molar-refractivity contribution < 1.29 is 17.9 Å². The van der Waals surface area contributed by atoms with Gasteiger partial charge >= 0.3 is 6.18 Å². The van der Waals surface area contributed by atoms with Crippen LogP contribution in [0.4, 0.5) is 13.2 Å².